The van der Waals surface area contributed by atoms with Crippen molar-refractivity contribution >= 4 is 6.20 Å². The Morgan fingerprint density at radius 1 is 1.60 bits per heavy atom. The summed E-state index contributed by atoms with van der Waals surface area (Å²) >= 11 is 0. The van der Waals surface area contributed by atoms with Crippen LogP contribution >= 0.6 is 0 Å². The highest BCUT2D eigenvalue weighted by Crippen LogP contribution is 1.93. The van der Waals surface area contributed by atoms with Crippen LogP contribution in [-0.2, 0) is 0 Å². The van der Waals surface area contributed by atoms with E-state index in [2.05, 4.69) is 19.2 Å². The van der Waals surface area contributed by atoms with Crippen molar-refractivity contribution < 1.29 is 0 Å². The molecule has 0 aliphatic heterocycles. The Hall–Kier alpha value is -0.980. The number of rotatable bonds is 3. The van der Waals surface area contributed by atoms with E-state index in [-0.39, 0.29) is 0 Å². The summed E-state index contributed by atoms with van der Waals surface area (Å²) in [4.78, 5) is 0. The van der Waals surface area contributed by atoms with Crippen LogP contribution in [0.1, 0.15) is 19.8 Å². The second-order valence-corrected chi connectivity index (χ2v) is 2.22. The van der Waals surface area contributed by atoms with Crippen LogP contribution in [0.25, 0.3) is 6.20 Å². The summed E-state index contributed by atoms with van der Waals surface area (Å²) < 4.78 is 1.93. The lowest BCUT2D eigenvalue weighted by atomic mass is 10.3. The fourth-order valence-electron chi connectivity index (χ4n) is 0.755. The van der Waals surface area contributed by atoms with E-state index in [0.717, 1.165) is 6.42 Å². The van der Waals surface area contributed by atoms with Gasteiger partial charge >= 0.3 is 0 Å². The van der Waals surface area contributed by atoms with Crippen LogP contribution < -0.4 is 0 Å². The maximum absolute atomic E-state index is 3.03. The first-order chi connectivity index (χ1) is 4.93. The molecule has 0 spiro atoms. The van der Waals surface area contributed by atoms with E-state index >= 15 is 0 Å². The van der Waals surface area contributed by atoms with Crippen molar-refractivity contribution in [2.45, 2.75) is 19.8 Å². The molecular formula is C9H12N. The van der Waals surface area contributed by atoms with Crippen molar-refractivity contribution in [3.05, 3.63) is 30.6 Å². The van der Waals surface area contributed by atoms with Crippen molar-refractivity contribution in [1.29, 1.82) is 0 Å². The number of aromatic nitrogens is 1. The highest BCUT2D eigenvalue weighted by molar-refractivity contribution is 5.22. The van der Waals surface area contributed by atoms with E-state index in [1.165, 1.54) is 6.42 Å². The summed E-state index contributed by atoms with van der Waals surface area (Å²) in [5.74, 6) is 0. The Labute approximate surface area is 62.0 Å². The second-order valence-electron chi connectivity index (χ2n) is 2.22. The molecule has 0 saturated heterocycles. The van der Waals surface area contributed by atoms with Gasteiger partial charge in [-0.15, -0.1) is 0 Å². The number of hydrogen-bond donors (Lipinski definition) is 0. The standard InChI is InChI=1S/C9H12N/c1-2-3-4-7-10-8-5-6-9-10/h4-8H,2-3H2,1H3. The Balaban J connectivity index is 2.40. The van der Waals surface area contributed by atoms with Crippen LogP contribution in [0.4, 0.5) is 0 Å². The number of allylic oxidation sites excluding steroid dienone is 1. The van der Waals surface area contributed by atoms with Crippen molar-refractivity contribution in [3.8, 4) is 0 Å². The van der Waals surface area contributed by atoms with E-state index < -0.39 is 0 Å². The van der Waals surface area contributed by atoms with Gasteiger partial charge < -0.3 is 4.57 Å². The van der Waals surface area contributed by atoms with E-state index in [4.69, 9.17) is 0 Å². The molecule has 1 nitrogen and oxygen atoms in total. The fourth-order valence-corrected chi connectivity index (χ4v) is 0.755. The second kappa shape index (κ2) is 3.94. The largest absolute Gasteiger partial charge is 0.322 e. The average molecular weight is 134 g/mol. The molecule has 0 saturated carbocycles. The summed E-state index contributed by atoms with van der Waals surface area (Å²) in [6, 6.07) is 3.87. The molecule has 0 aliphatic carbocycles. The van der Waals surface area contributed by atoms with Gasteiger partial charge in [0.1, 0.15) is 0 Å². The molecule has 10 heavy (non-hydrogen) atoms. The molecule has 0 N–H and O–H groups in total. The molecule has 0 atom stereocenters. The Morgan fingerprint density at radius 3 is 3.10 bits per heavy atom. The van der Waals surface area contributed by atoms with Gasteiger partial charge in [-0.2, -0.15) is 0 Å². The number of hydrogen-bond acceptors (Lipinski definition) is 0. The summed E-state index contributed by atoms with van der Waals surface area (Å²) in [6.07, 6.45) is 11.5. The van der Waals surface area contributed by atoms with Crippen LogP contribution in [0.2, 0.25) is 0 Å². The van der Waals surface area contributed by atoms with Crippen LogP contribution in [-0.4, -0.2) is 4.57 Å². The van der Waals surface area contributed by atoms with Crippen molar-refractivity contribution in [2.75, 3.05) is 0 Å². The maximum atomic E-state index is 3.03. The van der Waals surface area contributed by atoms with Crippen molar-refractivity contribution in [2.24, 2.45) is 0 Å². The lowest BCUT2D eigenvalue weighted by Crippen LogP contribution is -1.77. The molecule has 1 aromatic rings. The molecule has 0 bridgehead atoms. The highest BCUT2D eigenvalue weighted by atomic mass is 14.9. The molecule has 1 radical (unpaired) electrons. The Bertz CT molecular complexity index is 185. The average Bonchev–Trinajstić information content (AvgIpc) is 2.41. The predicted molar refractivity (Wildman–Crippen MR) is 43.5 cm³/mol. The van der Waals surface area contributed by atoms with Gasteiger partial charge in [-0.3, -0.25) is 0 Å². The van der Waals surface area contributed by atoms with Gasteiger partial charge in [-0.1, -0.05) is 19.4 Å². The zero-order chi connectivity index (χ0) is 7.23. The Kier molecular flexibility index (Phi) is 2.81. The first kappa shape index (κ1) is 7.13. The van der Waals surface area contributed by atoms with Crippen LogP contribution in [0.15, 0.2) is 24.4 Å². The third-order valence-corrected chi connectivity index (χ3v) is 1.29. The summed E-state index contributed by atoms with van der Waals surface area (Å²) in [6.45, 7) is 2.17. The van der Waals surface area contributed by atoms with Gasteiger partial charge in [0.2, 0.25) is 0 Å². The van der Waals surface area contributed by atoms with Crippen LogP contribution in [0.5, 0.6) is 0 Å². The first-order valence-corrected chi connectivity index (χ1v) is 3.64. The lowest BCUT2D eigenvalue weighted by molar-refractivity contribution is 0.955. The molecule has 1 aromatic heterocycles. The quantitative estimate of drug-likeness (QED) is 0.598. The summed E-state index contributed by atoms with van der Waals surface area (Å²) in [7, 11) is 0. The predicted octanol–water partition coefficient (Wildman–Crippen LogP) is 2.56. The van der Waals surface area contributed by atoms with E-state index in [9.17, 15) is 0 Å². The zero-order valence-corrected chi connectivity index (χ0v) is 6.25. The molecular weight excluding hydrogens is 122 g/mol. The van der Waals surface area contributed by atoms with Gasteiger partial charge in [0.05, 0.1) is 6.20 Å². The summed E-state index contributed by atoms with van der Waals surface area (Å²) in [5.41, 5.74) is 0. The van der Waals surface area contributed by atoms with Gasteiger partial charge in [-0.25, -0.2) is 0 Å². The monoisotopic (exact) mass is 134 g/mol. The third kappa shape index (κ3) is 2.09. The first-order valence-electron chi connectivity index (χ1n) is 3.64. The smallest absolute Gasteiger partial charge is 0.0692 e. The lowest BCUT2D eigenvalue weighted by Gasteiger charge is -1.88. The van der Waals surface area contributed by atoms with E-state index in [1.807, 2.05) is 29.1 Å². The minimum atomic E-state index is 1.14. The number of nitrogens with zero attached hydrogens (tertiary/aromatic N) is 1. The third-order valence-electron chi connectivity index (χ3n) is 1.29. The molecule has 0 aliphatic rings. The van der Waals surface area contributed by atoms with Crippen LogP contribution in [0.3, 0.4) is 0 Å². The molecule has 1 heteroatoms. The molecule has 53 valence electrons. The van der Waals surface area contributed by atoms with E-state index in [0.29, 0.717) is 0 Å². The van der Waals surface area contributed by atoms with Gasteiger partial charge in [0, 0.05) is 12.4 Å². The molecule has 0 fully saturated rings. The normalized spacial score (nSPS) is 10.9. The molecule has 0 aromatic carbocycles. The number of unbranched alkanes of at least 4 members (excludes halogenated alkanes) is 1. The topological polar surface area (TPSA) is 4.93 Å². The molecule has 1 heterocycles. The fraction of sp³-hybridized carbons (Fsp3) is 0.333. The molecule has 1 rings (SSSR count). The SMILES string of the molecule is CCCC=Cn1[c]ccc1. The van der Waals surface area contributed by atoms with Gasteiger partial charge in [0.15, 0.2) is 0 Å². The highest BCUT2D eigenvalue weighted by Gasteiger charge is 1.78. The molecule has 0 unspecified atom stereocenters. The summed E-state index contributed by atoms with van der Waals surface area (Å²) in [5, 5.41) is 0. The van der Waals surface area contributed by atoms with Gasteiger partial charge in [0.25, 0.3) is 0 Å². The maximum Gasteiger partial charge on any atom is 0.0692 e. The van der Waals surface area contributed by atoms with Crippen molar-refractivity contribution in [3.63, 3.8) is 0 Å². The minimum Gasteiger partial charge on any atom is -0.322 e. The van der Waals surface area contributed by atoms with Crippen molar-refractivity contribution in [1.82, 2.24) is 4.57 Å². The zero-order valence-electron chi connectivity index (χ0n) is 6.25. The van der Waals surface area contributed by atoms with Crippen LogP contribution in [0, 0.1) is 6.20 Å². The van der Waals surface area contributed by atoms with Gasteiger partial charge in [-0.05, 0) is 18.6 Å². The Morgan fingerprint density at radius 2 is 2.50 bits per heavy atom. The van der Waals surface area contributed by atoms with E-state index in [1.54, 1.807) is 0 Å². The minimum absolute atomic E-state index is 1.14. The molecule has 0 amide bonds.